The Morgan fingerprint density at radius 2 is 1.83 bits per heavy atom. The van der Waals surface area contributed by atoms with Crippen LogP contribution < -0.4 is 15.5 Å². The fourth-order valence-corrected chi connectivity index (χ4v) is 4.52. The molecule has 2 aromatic carbocycles. The van der Waals surface area contributed by atoms with Crippen molar-refractivity contribution >= 4 is 46.0 Å². The minimum Gasteiger partial charge on any atom is -0.464 e. The van der Waals surface area contributed by atoms with Crippen molar-refractivity contribution < 1.29 is 23.9 Å². The summed E-state index contributed by atoms with van der Waals surface area (Å²) >= 11 is 1.04. The number of aromatic nitrogens is 1. The van der Waals surface area contributed by atoms with Gasteiger partial charge < -0.3 is 20.3 Å². The third-order valence-corrected chi connectivity index (χ3v) is 6.49. The third-order valence-electron chi connectivity index (χ3n) is 5.73. The lowest BCUT2D eigenvalue weighted by atomic mass is 10.0. The molecule has 1 aromatic heterocycles. The number of nitrogens with one attached hydrogen (secondary N) is 2. The van der Waals surface area contributed by atoms with E-state index in [4.69, 9.17) is 0 Å². The largest absolute Gasteiger partial charge is 0.464 e. The van der Waals surface area contributed by atoms with Crippen LogP contribution in [-0.4, -0.2) is 60.9 Å². The van der Waals surface area contributed by atoms with Gasteiger partial charge >= 0.3 is 12.0 Å². The van der Waals surface area contributed by atoms with Crippen molar-refractivity contribution in [3.05, 3.63) is 76.8 Å². The Morgan fingerprint density at radius 1 is 1.14 bits per heavy atom. The highest BCUT2D eigenvalue weighted by Crippen LogP contribution is 2.27. The number of thiazole rings is 1. The molecule has 10 nitrogen and oxygen atoms in total. The first-order chi connectivity index (χ1) is 17.3. The molecule has 11 heteroatoms. The second-order valence-electron chi connectivity index (χ2n) is 8.30. The molecule has 2 unspecified atom stereocenters. The number of benzene rings is 2. The molecule has 0 saturated carbocycles. The summed E-state index contributed by atoms with van der Waals surface area (Å²) in [6.45, 7) is 0. The van der Waals surface area contributed by atoms with E-state index >= 15 is 0 Å². The maximum atomic E-state index is 13.4. The molecule has 0 spiro atoms. The molecule has 0 radical (unpaired) electrons. The molecule has 2 heterocycles. The summed E-state index contributed by atoms with van der Waals surface area (Å²) in [6.07, 6.45) is 0.105. The quantitative estimate of drug-likeness (QED) is 0.355. The van der Waals surface area contributed by atoms with Crippen LogP contribution in [0.1, 0.15) is 27.7 Å². The van der Waals surface area contributed by atoms with Crippen LogP contribution in [-0.2, 0) is 20.7 Å². The van der Waals surface area contributed by atoms with E-state index in [1.165, 1.54) is 12.5 Å². The van der Waals surface area contributed by atoms with Gasteiger partial charge in [-0.15, -0.1) is 11.3 Å². The number of nitrogens with zero attached hydrogens (tertiary/aromatic N) is 3. The number of carbonyl (C=O) groups is 4. The van der Waals surface area contributed by atoms with Gasteiger partial charge in [-0.3, -0.25) is 9.59 Å². The van der Waals surface area contributed by atoms with Crippen LogP contribution in [0.5, 0.6) is 0 Å². The van der Waals surface area contributed by atoms with Gasteiger partial charge in [-0.2, -0.15) is 0 Å². The first-order valence-corrected chi connectivity index (χ1v) is 12.0. The molecule has 186 valence electrons. The van der Waals surface area contributed by atoms with E-state index in [9.17, 15) is 19.2 Å². The average Bonchev–Trinajstić information content (AvgIpc) is 3.46. The number of esters is 1. The van der Waals surface area contributed by atoms with Crippen LogP contribution in [0.3, 0.4) is 0 Å². The molecule has 4 amide bonds. The lowest BCUT2D eigenvalue weighted by Gasteiger charge is -2.24. The molecular weight excluding hydrogens is 482 g/mol. The number of rotatable bonds is 8. The van der Waals surface area contributed by atoms with Gasteiger partial charge in [0.1, 0.15) is 12.1 Å². The first-order valence-electron chi connectivity index (χ1n) is 11.1. The van der Waals surface area contributed by atoms with E-state index in [1.807, 2.05) is 61.5 Å². The Balaban J connectivity index is 1.60. The van der Waals surface area contributed by atoms with Gasteiger partial charge in [-0.05, 0) is 23.3 Å². The third kappa shape index (κ3) is 5.20. The van der Waals surface area contributed by atoms with E-state index in [1.54, 1.807) is 12.1 Å². The standard InChI is InChI=1S/C25H25N5O5S/c1-29(2)17-11-9-16(10-12-17)20-22(32)30(25(34)27-20)19(13-15-7-5-4-6-8-15)21(31)28-24-26-18(14-36-24)23(33)35-3/h4-12,14,19-20H,13H2,1-3H3,(H,27,34)(H,26,28,31). The molecule has 2 atom stereocenters. The monoisotopic (exact) mass is 507 g/mol. The Bertz CT molecular complexity index is 1280. The summed E-state index contributed by atoms with van der Waals surface area (Å²) in [6, 6.07) is 13.6. The number of urea groups is 1. The summed E-state index contributed by atoms with van der Waals surface area (Å²) in [4.78, 5) is 58.5. The van der Waals surface area contributed by atoms with Crippen LogP contribution in [0.2, 0.25) is 0 Å². The van der Waals surface area contributed by atoms with Crippen LogP contribution in [0.25, 0.3) is 0 Å². The Kier molecular flexibility index (Phi) is 7.30. The van der Waals surface area contributed by atoms with Gasteiger partial charge in [0, 0.05) is 31.6 Å². The normalized spacial score (nSPS) is 15.9. The Labute approximate surface area is 211 Å². The molecule has 0 bridgehead atoms. The summed E-state index contributed by atoms with van der Waals surface area (Å²) < 4.78 is 4.65. The summed E-state index contributed by atoms with van der Waals surface area (Å²) in [5, 5.41) is 6.94. The molecule has 0 aliphatic carbocycles. The smallest absolute Gasteiger partial charge is 0.357 e. The summed E-state index contributed by atoms with van der Waals surface area (Å²) in [5.41, 5.74) is 2.38. The van der Waals surface area contributed by atoms with E-state index in [0.717, 1.165) is 27.5 Å². The van der Waals surface area contributed by atoms with E-state index in [2.05, 4.69) is 20.4 Å². The lowest BCUT2D eigenvalue weighted by Crippen LogP contribution is -2.49. The van der Waals surface area contributed by atoms with Gasteiger partial charge in [0.15, 0.2) is 10.8 Å². The maximum Gasteiger partial charge on any atom is 0.357 e. The number of amides is 4. The predicted molar refractivity (Wildman–Crippen MR) is 135 cm³/mol. The number of hydrogen-bond acceptors (Lipinski definition) is 8. The number of imide groups is 1. The molecule has 3 aromatic rings. The number of hydrogen-bond donors (Lipinski definition) is 2. The van der Waals surface area contributed by atoms with E-state index in [-0.39, 0.29) is 17.2 Å². The Morgan fingerprint density at radius 3 is 2.47 bits per heavy atom. The average molecular weight is 508 g/mol. The molecule has 1 aliphatic rings. The molecule has 1 fully saturated rings. The van der Waals surface area contributed by atoms with Gasteiger partial charge in [-0.25, -0.2) is 19.5 Å². The second kappa shape index (κ2) is 10.6. The number of carbonyl (C=O) groups excluding carboxylic acids is 4. The van der Waals surface area contributed by atoms with Crippen LogP contribution in [0.4, 0.5) is 15.6 Å². The SMILES string of the molecule is COC(=O)c1csc(NC(=O)C(Cc2ccccc2)N2C(=O)NC(c3ccc(N(C)C)cc3)C2=O)n1. The summed E-state index contributed by atoms with van der Waals surface area (Å²) in [5.74, 6) is -1.76. The number of methoxy groups -OCH3 is 1. The van der Waals surface area contributed by atoms with Crippen molar-refractivity contribution in [1.29, 1.82) is 0 Å². The Hall–Kier alpha value is -4.25. The predicted octanol–water partition coefficient (Wildman–Crippen LogP) is 2.84. The first kappa shape index (κ1) is 24.9. The molecule has 2 N–H and O–H groups in total. The van der Waals surface area contributed by atoms with E-state index in [0.29, 0.717) is 5.56 Å². The molecule has 36 heavy (non-hydrogen) atoms. The zero-order valence-corrected chi connectivity index (χ0v) is 20.7. The highest BCUT2D eigenvalue weighted by molar-refractivity contribution is 7.14. The molecule has 1 saturated heterocycles. The van der Waals surface area contributed by atoms with Crippen molar-refractivity contribution in [2.24, 2.45) is 0 Å². The zero-order valence-electron chi connectivity index (χ0n) is 19.9. The lowest BCUT2D eigenvalue weighted by molar-refractivity contribution is -0.134. The van der Waals surface area contributed by atoms with E-state index < -0.39 is 35.9 Å². The molecular formula is C25H25N5O5S. The van der Waals surface area contributed by atoms with Crippen molar-refractivity contribution in [3.8, 4) is 0 Å². The highest BCUT2D eigenvalue weighted by atomic mass is 32.1. The molecule has 4 rings (SSSR count). The maximum absolute atomic E-state index is 13.4. The van der Waals surface area contributed by atoms with Gasteiger partial charge in [0.2, 0.25) is 5.91 Å². The van der Waals surface area contributed by atoms with Crippen LogP contribution >= 0.6 is 11.3 Å². The summed E-state index contributed by atoms with van der Waals surface area (Å²) in [7, 11) is 5.04. The number of ether oxygens (including phenoxy) is 1. The fourth-order valence-electron chi connectivity index (χ4n) is 3.84. The highest BCUT2D eigenvalue weighted by Gasteiger charge is 2.45. The van der Waals surface area contributed by atoms with Gasteiger partial charge in [0.25, 0.3) is 5.91 Å². The van der Waals surface area contributed by atoms with Crippen molar-refractivity contribution in [2.45, 2.75) is 18.5 Å². The van der Waals surface area contributed by atoms with Crippen molar-refractivity contribution in [3.63, 3.8) is 0 Å². The van der Waals surface area contributed by atoms with Gasteiger partial charge in [0.05, 0.1) is 7.11 Å². The molecule has 1 aliphatic heterocycles. The van der Waals surface area contributed by atoms with Crippen molar-refractivity contribution in [1.82, 2.24) is 15.2 Å². The van der Waals surface area contributed by atoms with Crippen molar-refractivity contribution in [2.75, 3.05) is 31.4 Å². The fraction of sp³-hybridized carbons (Fsp3) is 0.240. The second-order valence-corrected chi connectivity index (χ2v) is 9.16. The topological polar surface area (TPSA) is 121 Å². The number of anilines is 2. The minimum atomic E-state index is -1.14. The van der Waals surface area contributed by atoms with Crippen LogP contribution in [0.15, 0.2) is 60.0 Å². The minimum absolute atomic E-state index is 0.0497. The van der Waals surface area contributed by atoms with Gasteiger partial charge in [-0.1, -0.05) is 42.5 Å². The zero-order chi connectivity index (χ0) is 25.8. The van der Waals surface area contributed by atoms with Crippen LogP contribution in [0, 0.1) is 0 Å².